The van der Waals surface area contributed by atoms with Crippen molar-refractivity contribution >= 4 is 52.3 Å². The zero-order valence-corrected chi connectivity index (χ0v) is 23.3. The number of aromatic amines is 1. The number of rotatable bonds is 15. The summed E-state index contributed by atoms with van der Waals surface area (Å²) < 4.78 is 11.5. The van der Waals surface area contributed by atoms with Gasteiger partial charge in [0.2, 0.25) is 5.91 Å². The van der Waals surface area contributed by atoms with Crippen molar-refractivity contribution in [2.75, 3.05) is 46.1 Å². The molecular weight excluding hydrogens is 565 g/mol. The third-order valence-corrected chi connectivity index (χ3v) is 7.46. The minimum Gasteiger partial charge on any atom is -0.632 e. The number of carbonyl (C=O) groups is 3. The molecule has 0 saturated carbocycles. The number of nitrogens with zero attached hydrogens (tertiary/aromatic N) is 3. The van der Waals surface area contributed by atoms with Crippen LogP contribution in [0.15, 0.2) is 18.3 Å². The average molecular weight is 596 g/mol. The molecule has 12 nitrogen and oxygen atoms in total. The van der Waals surface area contributed by atoms with Gasteiger partial charge in [0.1, 0.15) is 13.1 Å². The Kier molecular flexibility index (Phi) is 10.2. The molecule has 1 unspecified atom stereocenters. The number of benzene rings is 1. The van der Waals surface area contributed by atoms with Crippen molar-refractivity contribution in [1.82, 2.24) is 20.1 Å². The molecule has 3 heterocycles. The van der Waals surface area contributed by atoms with Gasteiger partial charge < -0.3 is 34.7 Å². The van der Waals surface area contributed by atoms with Gasteiger partial charge in [-0.3, -0.25) is 19.1 Å². The van der Waals surface area contributed by atoms with Crippen molar-refractivity contribution in [2.45, 2.75) is 32.4 Å². The van der Waals surface area contributed by atoms with Crippen LogP contribution < -0.4 is 5.32 Å². The molecule has 1 atom stereocenters. The second-order valence-corrected chi connectivity index (χ2v) is 10.3. The van der Waals surface area contributed by atoms with Crippen LogP contribution in [-0.4, -0.2) is 88.7 Å². The smallest absolute Gasteiger partial charge is 0.305 e. The van der Waals surface area contributed by atoms with Gasteiger partial charge in [-0.05, 0) is 12.1 Å². The van der Waals surface area contributed by atoms with E-state index in [9.17, 15) is 19.6 Å². The second kappa shape index (κ2) is 13.6. The van der Waals surface area contributed by atoms with Crippen molar-refractivity contribution in [3.63, 3.8) is 0 Å². The Labute approximate surface area is 240 Å². The van der Waals surface area contributed by atoms with Crippen LogP contribution in [0.1, 0.15) is 24.1 Å². The Bertz CT molecular complexity index is 1380. The highest BCUT2D eigenvalue weighted by Gasteiger charge is 2.30. The molecule has 0 bridgehead atoms. The van der Waals surface area contributed by atoms with Crippen LogP contribution in [0.5, 0.6) is 0 Å². The zero-order chi connectivity index (χ0) is 28.7. The minimum absolute atomic E-state index is 0.0596. The van der Waals surface area contributed by atoms with Gasteiger partial charge in [0.25, 0.3) is 0 Å². The van der Waals surface area contributed by atoms with Crippen LogP contribution >= 0.6 is 23.2 Å². The number of fused-ring (bicyclic) bond motifs is 3. The molecule has 0 radical (unpaired) electrons. The molecule has 2 aromatic heterocycles. The molecule has 0 aliphatic carbocycles. The number of H-pyrrole nitrogens is 1. The van der Waals surface area contributed by atoms with Crippen LogP contribution in [0.2, 0.25) is 10.0 Å². The number of halogens is 2. The third-order valence-electron chi connectivity index (χ3n) is 6.67. The maximum atomic E-state index is 13.1. The van der Waals surface area contributed by atoms with Gasteiger partial charge in [0.15, 0.2) is 6.29 Å². The summed E-state index contributed by atoms with van der Waals surface area (Å²) >= 11 is 13.0. The predicted octanol–water partition coefficient (Wildman–Crippen LogP) is 2.92. The molecule has 1 aliphatic heterocycles. The highest BCUT2D eigenvalue weighted by atomic mass is 35.5. The molecule has 1 amide bonds. The van der Waals surface area contributed by atoms with Crippen molar-refractivity contribution in [1.29, 1.82) is 0 Å². The maximum Gasteiger partial charge on any atom is 0.305 e. The summed E-state index contributed by atoms with van der Waals surface area (Å²) in [7, 11) is 0. The van der Waals surface area contributed by atoms with E-state index in [1.165, 1.54) is 0 Å². The summed E-state index contributed by atoms with van der Waals surface area (Å²) in [5, 5.41) is 30.6. The Balaban J connectivity index is 1.34. The number of carboxylic acid groups (broad SMARTS) is 1. The molecule has 1 aromatic carbocycles. The number of nitrogens with one attached hydrogen (secondary N) is 2. The largest absolute Gasteiger partial charge is 0.632 e. The molecule has 0 saturated heterocycles. The fraction of sp³-hybridized carbons (Fsp3) is 0.462. The van der Waals surface area contributed by atoms with E-state index in [2.05, 4.69) is 15.4 Å². The number of carbonyl (C=O) groups excluding carboxylic acids is 2. The van der Waals surface area contributed by atoms with E-state index >= 15 is 0 Å². The third kappa shape index (κ3) is 7.39. The zero-order valence-electron chi connectivity index (χ0n) is 21.8. The first-order valence-corrected chi connectivity index (χ1v) is 13.7. The van der Waals surface area contributed by atoms with Crippen LogP contribution in [-0.2, 0) is 43.4 Å². The van der Waals surface area contributed by atoms with Gasteiger partial charge >= 0.3 is 5.97 Å². The summed E-state index contributed by atoms with van der Waals surface area (Å²) in [5.41, 5.74) is 3.74. The first-order chi connectivity index (χ1) is 19.2. The number of carboxylic acids is 1. The van der Waals surface area contributed by atoms with Crippen molar-refractivity contribution in [3.8, 4) is 11.3 Å². The molecule has 0 fully saturated rings. The van der Waals surface area contributed by atoms with Crippen molar-refractivity contribution in [3.05, 3.63) is 44.8 Å². The Hall–Kier alpha value is -3.00. The number of quaternary nitrogens is 1. The monoisotopic (exact) mass is 595 g/mol. The lowest BCUT2D eigenvalue weighted by atomic mass is 9.98. The number of amides is 1. The maximum absolute atomic E-state index is 13.1. The van der Waals surface area contributed by atoms with E-state index < -0.39 is 10.6 Å². The van der Waals surface area contributed by atoms with E-state index in [0.717, 1.165) is 22.2 Å². The fourth-order valence-corrected chi connectivity index (χ4v) is 5.07. The van der Waals surface area contributed by atoms with Crippen LogP contribution in [0.25, 0.3) is 22.2 Å². The quantitative estimate of drug-likeness (QED) is 0.105. The molecule has 1 aliphatic rings. The lowest BCUT2D eigenvalue weighted by Crippen LogP contribution is -2.46. The lowest BCUT2D eigenvalue weighted by molar-refractivity contribution is -0.887. The van der Waals surface area contributed by atoms with E-state index in [1.54, 1.807) is 16.9 Å². The van der Waals surface area contributed by atoms with Gasteiger partial charge in [0, 0.05) is 47.8 Å². The topological polar surface area (TPSA) is 159 Å². The van der Waals surface area contributed by atoms with Gasteiger partial charge in [-0.1, -0.05) is 23.2 Å². The first-order valence-electron chi connectivity index (χ1n) is 12.9. The molecule has 14 heteroatoms. The normalized spacial score (nSPS) is 16.7. The molecule has 3 N–H and O–H groups in total. The number of hydroxylamine groups is 3. The second-order valence-electron chi connectivity index (χ2n) is 9.52. The Morgan fingerprint density at radius 1 is 1.23 bits per heavy atom. The number of ether oxygens (including phenoxy) is 2. The summed E-state index contributed by atoms with van der Waals surface area (Å²) in [6.45, 7) is 2.02. The van der Waals surface area contributed by atoms with Crippen LogP contribution in [0.3, 0.4) is 0 Å². The predicted molar refractivity (Wildman–Crippen MR) is 148 cm³/mol. The fourth-order valence-electron chi connectivity index (χ4n) is 4.67. The van der Waals surface area contributed by atoms with Crippen molar-refractivity contribution in [2.24, 2.45) is 0 Å². The summed E-state index contributed by atoms with van der Waals surface area (Å²) in [5.74, 6) is -1.09. The SMILES string of the molecule is O=CC[N+]1([O-])CCc2[nH]c3c(Cl)c(Cl)cc(-c4ccn(CCNC(=O)CCOCCOCCC(=O)O)n4)c3c2C1. The number of aliphatic carboxylic acids is 1. The Morgan fingerprint density at radius 3 is 2.70 bits per heavy atom. The summed E-state index contributed by atoms with van der Waals surface area (Å²) in [4.78, 5) is 36.9. The van der Waals surface area contributed by atoms with Gasteiger partial charge in [-0.25, -0.2) is 0 Å². The molecular formula is C26H31Cl2N5O7. The number of hydrogen-bond acceptors (Lipinski definition) is 7. The minimum atomic E-state index is -0.919. The van der Waals surface area contributed by atoms with Gasteiger partial charge in [-0.15, -0.1) is 0 Å². The van der Waals surface area contributed by atoms with Crippen LogP contribution in [0, 0.1) is 5.21 Å². The van der Waals surface area contributed by atoms with E-state index in [1.807, 2.05) is 6.07 Å². The summed E-state index contributed by atoms with van der Waals surface area (Å²) in [6, 6.07) is 3.57. The lowest BCUT2D eigenvalue weighted by Gasteiger charge is -2.43. The van der Waals surface area contributed by atoms with Crippen LogP contribution in [0.4, 0.5) is 0 Å². The van der Waals surface area contributed by atoms with E-state index in [-0.39, 0.29) is 58.3 Å². The van der Waals surface area contributed by atoms with Gasteiger partial charge in [-0.2, -0.15) is 5.10 Å². The molecule has 4 rings (SSSR count). The highest BCUT2D eigenvalue weighted by Crippen LogP contribution is 2.42. The highest BCUT2D eigenvalue weighted by molar-refractivity contribution is 6.45. The summed E-state index contributed by atoms with van der Waals surface area (Å²) in [6.07, 6.45) is 3.07. The number of aldehydes is 1. The molecule has 3 aromatic rings. The first kappa shape index (κ1) is 30.0. The molecule has 216 valence electrons. The van der Waals surface area contributed by atoms with Crippen molar-refractivity contribution < 1.29 is 33.6 Å². The molecule has 40 heavy (non-hydrogen) atoms. The van der Waals surface area contributed by atoms with Gasteiger partial charge in [0.05, 0.1) is 67.2 Å². The molecule has 0 spiro atoms. The Morgan fingerprint density at radius 2 is 1.98 bits per heavy atom. The number of hydrogen-bond donors (Lipinski definition) is 3. The van der Waals surface area contributed by atoms with E-state index in [4.69, 9.17) is 37.8 Å². The number of aromatic nitrogens is 3. The standard InChI is InChI=1S/C26H31Cl2N5O7/c27-19-15-17(24-18-16-33(38,9-10-34)8-2-20(18)30-26(24)25(19)28)21-1-6-32(31-21)7-5-29-22(35)3-11-39-13-14-40-12-4-23(36)37/h1,6,10,15,30H,2-5,7-9,11-14,16H2,(H,29,35)(H,36,37). The van der Waals surface area contributed by atoms with E-state index in [0.29, 0.717) is 53.6 Å². The average Bonchev–Trinajstić information content (AvgIpc) is 3.52.